The van der Waals surface area contributed by atoms with Crippen LogP contribution in [0.3, 0.4) is 0 Å². The molecule has 0 saturated carbocycles. The Morgan fingerprint density at radius 3 is 3.09 bits per heavy atom. The molecule has 1 N–H and O–H groups in total. The lowest BCUT2D eigenvalue weighted by atomic mass is 10.2. The second kappa shape index (κ2) is 2.24. The number of H-pyrrole nitrogens is 1. The van der Waals surface area contributed by atoms with Crippen molar-refractivity contribution in [1.82, 2.24) is 9.97 Å². The lowest BCUT2D eigenvalue weighted by Gasteiger charge is -1.92. The molecule has 2 rings (SSSR count). The summed E-state index contributed by atoms with van der Waals surface area (Å²) in [5.74, 6) is 0. The Kier molecular flexibility index (Phi) is 1.36. The predicted octanol–water partition coefficient (Wildman–Crippen LogP) is 2.40. The number of aromatic amines is 1. The van der Waals surface area contributed by atoms with Crippen LogP contribution in [-0.4, -0.2) is 9.97 Å². The van der Waals surface area contributed by atoms with E-state index in [1.807, 2.05) is 0 Å². The van der Waals surface area contributed by atoms with Crippen molar-refractivity contribution in [3.05, 3.63) is 36.0 Å². The van der Waals surface area contributed by atoms with Crippen LogP contribution in [0.2, 0.25) is 5.02 Å². The Morgan fingerprint density at radius 1 is 1.55 bits per heavy atom. The highest BCUT2D eigenvalue weighted by Crippen LogP contribution is 2.23. The minimum atomic E-state index is 0.696. The van der Waals surface area contributed by atoms with Gasteiger partial charge in [-0.25, -0.2) is 4.98 Å². The highest BCUT2D eigenvalue weighted by atomic mass is 35.5. The van der Waals surface area contributed by atoms with Crippen molar-refractivity contribution >= 4 is 22.6 Å². The molecule has 1 radical (unpaired) electrons. The van der Waals surface area contributed by atoms with Crippen molar-refractivity contribution in [3.63, 3.8) is 0 Å². The molecule has 0 atom stereocenters. The van der Waals surface area contributed by atoms with Gasteiger partial charge in [0, 0.05) is 17.8 Å². The van der Waals surface area contributed by atoms with Crippen LogP contribution < -0.4 is 0 Å². The van der Waals surface area contributed by atoms with Crippen LogP contribution in [0.5, 0.6) is 0 Å². The summed E-state index contributed by atoms with van der Waals surface area (Å²) in [5, 5.41) is 1.61. The molecular weight excluding hydrogens is 160 g/mol. The van der Waals surface area contributed by atoms with Crippen LogP contribution in [-0.2, 0) is 0 Å². The standard InChI is InChI=1S/C8H6ClN2/c1-5-4-11-8-7(5)6(9)2-3-10-8/h2-4H,1H2,(H,10,11). The van der Waals surface area contributed by atoms with Crippen LogP contribution >= 0.6 is 11.6 Å². The van der Waals surface area contributed by atoms with Crippen molar-refractivity contribution in [1.29, 1.82) is 0 Å². The number of aromatic nitrogens is 2. The van der Waals surface area contributed by atoms with Crippen molar-refractivity contribution in [2.45, 2.75) is 0 Å². The van der Waals surface area contributed by atoms with Gasteiger partial charge in [0.2, 0.25) is 0 Å². The van der Waals surface area contributed by atoms with Crippen molar-refractivity contribution in [2.24, 2.45) is 0 Å². The second-order valence-corrected chi connectivity index (χ2v) is 2.74. The summed E-state index contributed by atoms with van der Waals surface area (Å²) in [5.41, 5.74) is 1.68. The highest BCUT2D eigenvalue weighted by molar-refractivity contribution is 6.35. The van der Waals surface area contributed by atoms with Crippen LogP contribution in [0.15, 0.2) is 18.5 Å². The Balaban J connectivity index is 2.96. The van der Waals surface area contributed by atoms with E-state index in [1.165, 1.54) is 0 Å². The van der Waals surface area contributed by atoms with Crippen LogP contribution in [0.4, 0.5) is 0 Å². The summed E-state index contributed by atoms with van der Waals surface area (Å²) in [7, 11) is 0. The van der Waals surface area contributed by atoms with E-state index >= 15 is 0 Å². The lowest BCUT2D eigenvalue weighted by molar-refractivity contribution is 1.32. The number of hydrogen-bond acceptors (Lipinski definition) is 1. The van der Waals surface area contributed by atoms with Gasteiger partial charge in [-0.1, -0.05) is 11.6 Å². The fourth-order valence-corrected chi connectivity index (χ4v) is 1.35. The molecule has 2 heterocycles. The van der Waals surface area contributed by atoms with E-state index < -0.39 is 0 Å². The summed E-state index contributed by atoms with van der Waals surface area (Å²) in [4.78, 5) is 7.05. The molecule has 0 unspecified atom stereocenters. The minimum absolute atomic E-state index is 0.696. The predicted molar refractivity (Wildman–Crippen MR) is 45.6 cm³/mol. The minimum Gasteiger partial charge on any atom is -0.346 e. The van der Waals surface area contributed by atoms with Gasteiger partial charge >= 0.3 is 0 Å². The molecule has 11 heavy (non-hydrogen) atoms. The third-order valence-corrected chi connectivity index (χ3v) is 1.92. The summed E-state index contributed by atoms with van der Waals surface area (Å²) in [6, 6.07) is 1.76. The third-order valence-electron chi connectivity index (χ3n) is 1.60. The molecule has 0 aliphatic carbocycles. The molecule has 0 spiro atoms. The van der Waals surface area contributed by atoms with E-state index in [-0.39, 0.29) is 0 Å². The van der Waals surface area contributed by atoms with Crippen molar-refractivity contribution < 1.29 is 0 Å². The molecule has 2 nitrogen and oxygen atoms in total. The monoisotopic (exact) mass is 165 g/mol. The number of rotatable bonds is 0. The highest BCUT2D eigenvalue weighted by Gasteiger charge is 2.03. The lowest BCUT2D eigenvalue weighted by Crippen LogP contribution is -1.75. The van der Waals surface area contributed by atoms with Gasteiger partial charge in [0.05, 0.1) is 5.02 Å². The normalized spacial score (nSPS) is 10.7. The van der Waals surface area contributed by atoms with Gasteiger partial charge in [-0.3, -0.25) is 0 Å². The molecule has 0 fully saturated rings. The largest absolute Gasteiger partial charge is 0.346 e. The maximum absolute atomic E-state index is 5.90. The zero-order valence-electron chi connectivity index (χ0n) is 5.76. The topological polar surface area (TPSA) is 28.7 Å². The Morgan fingerprint density at radius 2 is 2.36 bits per heavy atom. The van der Waals surface area contributed by atoms with Crippen LogP contribution in [0.1, 0.15) is 5.56 Å². The number of halogens is 1. The average molecular weight is 166 g/mol. The van der Waals surface area contributed by atoms with Gasteiger partial charge in [-0.2, -0.15) is 0 Å². The van der Waals surface area contributed by atoms with E-state index in [1.54, 1.807) is 18.5 Å². The van der Waals surface area contributed by atoms with Gasteiger partial charge < -0.3 is 4.98 Å². The molecule has 55 valence electrons. The first kappa shape index (κ1) is 6.68. The van der Waals surface area contributed by atoms with Gasteiger partial charge in [0.25, 0.3) is 0 Å². The molecule has 3 heteroatoms. The maximum Gasteiger partial charge on any atom is 0.139 e. The first-order valence-corrected chi connectivity index (χ1v) is 3.60. The average Bonchev–Trinajstić information content (AvgIpc) is 2.34. The van der Waals surface area contributed by atoms with Gasteiger partial charge in [0.1, 0.15) is 5.65 Å². The summed E-state index contributed by atoms with van der Waals surface area (Å²) < 4.78 is 0. The number of pyridine rings is 1. The number of nitrogens with zero attached hydrogens (tertiary/aromatic N) is 1. The fraction of sp³-hybridized carbons (Fsp3) is 0. The quantitative estimate of drug-likeness (QED) is 0.638. The zero-order valence-corrected chi connectivity index (χ0v) is 6.52. The second-order valence-electron chi connectivity index (χ2n) is 2.33. The van der Waals surface area contributed by atoms with E-state index in [0.29, 0.717) is 5.02 Å². The van der Waals surface area contributed by atoms with E-state index in [0.717, 1.165) is 16.6 Å². The van der Waals surface area contributed by atoms with Crippen LogP contribution in [0, 0.1) is 6.92 Å². The molecule has 0 bridgehead atoms. The Labute approximate surface area is 69.2 Å². The molecule has 0 aliphatic rings. The van der Waals surface area contributed by atoms with Gasteiger partial charge in [-0.05, 0) is 18.6 Å². The zero-order chi connectivity index (χ0) is 7.84. The fourth-order valence-electron chi connectivity index (χ4n) is 1.08. The molecule has 0 saturated heterocycles. The summed E-state index contributed by atoms with van der Waals surface area (Å²) >= 11 is 5.90. The van der Waals surface area contributed by atoms with Crippen LogP contribution in [0.25, 0.3) is 11.0 Å². The molecule has 0 aromatic carbocycles. The number of hydrogen-bond donors (Lipinski definition) is 1. The SMILES string of the molecule is [CH2]c1c[nH]c2nccc(Cl)c12. The molecule has 2 aromatic rings. The number of nitrogens with one attached hydrogen (secondary N) is 1. The first-order chi connectivity index (χ1) is 5.29. The Hall–Kier alpha value is -1.02. The molecule has 2 aromatic heterocycles. The van der Waals surface area contributed by atoms with Crippen molar-refractivity contribution in [2.75, 3.05) is 0 Å². The maximum atomic E-state index is 5.90. The van der Waals surface area contributed by atoms with Crippen molar-refractivity contribution in [3.8, 4) is 0 Å². The molecular formula is C8H6ClN2. The molecule has 0 aliphatic heterocycles. The van der Waals surface area contributed by atoms with Gasteiger partial charge in [0.15, 0.2) is 0 Å². The van der Waals surface area contributed by atoms with E-state index in [2.05, 4.69) is 16.9 Å². The smallest absolute Gasteiger partial charge is 0.139 e. The summed E-state index contributed by atoms with van der Waals surface area (Å²) in [6.45, 7) is 3.81. The Bertz CT molecular complexity index is 392. The summed E-state index contributed by atoms with van der Waals surface area (Å²) in [6.07, 6.45) is 3.46. The van der Waals surface area contributed by atoms with E-state index in [9.17, 15) is 0 Å². The third kappa shape index (κ3) is 0.906. The molecule has 0 amide bonds. The van der Waals surface area contributed by atoms with Gasteiger partial charge in [-0.15, -0.1) is 0 Å². The number of fused-ring (bicyclic) bond motifs is 1. The van der Waals surface area contributed by atoms with E-state index in [4.69, 9.17) is 11.6 Å². The first-order valence-electron chi connectivity index (χ1n) is 3.22.